The third-order valence-electron chi connectivity index (χ3n) is 3.10. The van der Waals surface area contributed by atoms with E-state index >= 15 is 0 Å². The molecule has 22 heavy (non-hydrogen) atoms. The van der Waals surface area contributed by atoms with Gasteiger partial charge in [0.05, 0.1) is 11.6 Å². The number of benzene rings is 1. The van der Waals surface area contributed by atoms with E-state index in [1.165, 1.54) is 18.0 Å². The van der Waals surface area contributed by atoms with E-state index in [4.69, 9.17) is 5.26 Å². The number of hydrogen-bond acceptors (Lipinski definition) is 3. The first-order valence-corrected chi connectivity index (χ1v) is 6.66. The van der Waals surface area contributed by atoms with E-state index in [-0.39, 0.29) is 17.8 Å². The maximum Gasteiger partial charge on any atom is 0.265 e. The van der Waals surface area contributed by atoms with Gasteiger partial charge in [-0.3, -0.25) is 10.2 Å². The van der Waals surface area contributed by atoms with Crippen LogP contribution in [0.1, 0.15) is 28.9 Å². The number of carbonyl (C=O) groups excluding carboxylic acids is 1. The number of nitrogens with zero attached hydrogens (tertiary/aromatic N) is 2. The first-order valence-electron chi connectivity index (χ1n) is 6.66. The molecule has 0 spiro atoms. The number of nitrogens with one attached hydrogen (secondary N) is 2. The Kier molecular flexibility index (Phi) is 5.23. The van der Waals surface area contributed by atoms with E-state index in [0.29, 0.717) is 11.1 Å². The lowest BCUT2D eigenvalue weighted by Crippen LogP contribution is -2.41. The van der Waals surface area contributed by atoms with Crippen molar-refractivity contribution in [2.75, 3.05) is 0 Å². The van der Waals surface area contributed by atoms with Crippen molar-refractivity contribution >= 4 is 13.3 Å². The SMILES string of the molecule is CC(NNC(=O)c1cc[n+]([B-]C#N)cc1)c1ccccc1F. The summed E-state index contributed by atoms with van der Waals surface area (Å²) in [6.45, 7) is 1.75. The zero-order valence-corrected chi connectivity index (χ0v) is 12.0. The Labute approximate surface area is 128 Å². The number of amides is 1. The predicted octanol–water partition coefficient (Wildman–Crippen LogP) is 1.06. The number of hydrazine groups is 1. The first-order chi connectivity index (χ1) is 10.6. The minimum absolute atomic E-state index is 0.329. The van der Waals surface area contributed by atoms with E-state index in [9.17, 15) is 9.18 Å². The summed E-state index contributed by atoms with van der Waals surface area (Å²) in [6, 6.07) is 9.17. The largest absolute Gasteiger partial charge is 0.461 e. The maximum absolute atomic E-state index is 13.6. The van der Waals surface area contributed by atoms with Crippen LogP contribution in [0.2, 0.25) is 0 Å². The molecule has 0 bridgehead atoms. The smallest absolute Gasteiger partial charge is 0.265 e. The van der Waals surface area contributed by atoms with Crippen molar-refractivity contribution in [1.82, 2.24) is 10.9 Å². The molecule has 0 saturated carbocycles. The molecule has 1 atom stereocenters. The van der Waals surface area contributed by atoms with Gasteiger partial charge in [-0.25, -0.2) is 15.1 Å². The van der Waals surface area contributed by atoms with Crippen LogP contribution in [0.25, 0.3) is 0 Å². The molecule has 0 aliphatic heterocycles. The Bertz CT molecular complexity index is 699. The van der Waals surface area contributed by atoms with Crippen LogP contribution < -0.4 is 15.3 Å². The van der Waals surface area contributed by atoms with Gasteiger partial charge in [-0.1, -0.05) is 18.2 Å². The molecule has 110 valence electrons. The van der Waals surface area contributed by atoms with Crippen LogP contribution in [0.4, 0.5) is 4.39 Å². The van der Waals surface area contributed by atoms with Gasteiger partial charge in [0.25, 0.3) is 5.91 Å². The summed E-state index contributed by atoms with van der Waals surface area (Å²) < 4.78 is 15.2. The highest BCUT2D eigenvalue weighted by Gasteiger charge is 2.12. The average Bonchev–Trinajstić information content (AvgIpc) is 2.54. The standard InChI is InChI=1S/C15H13BFN4O/c1-11(13-4-2-3-5-14(13)17)19-20-15(22)12-6-8-21(9-7-12)16-10-18/h2-9,11,19H,1H3/q-1/p+1. The molecule has 2 aromatic rings. The fourth-order valence-corrected chi connectivity index (χ4v) is 1.89. The maximum atomic E-state index is 13.6. The topological polar surface area (TPSA) is 68.8 Å². The van der Waals surface area contributed by atoms with Gasteiger partial charge in [0, 0.05) is 17.7 Å². The average molecular weight is 296 g/mol. The minimum Gasteiger partial charge on any atom is -0.461 e. The van der Waals surface area contributed by atoms with Crippen LogP contribution in [-0.4, -0.2) is 13.3 Å². The highest BCUT2D eigenvalue weighted by Crippen LogP contribution is 2.15. The number of aromatic nitrogens is 1. The summed E-state index contributed by atoms with van der Waals surface area (Å²) in [5, 5.41) is 8.53. The zero-order chi connectivity index (χ0) is 15.9. The Hall–Kier alpha value is -2.72. The van der Waals surface area contributed by atoms with Crippen molar-refractivity contribution in [3.05, 3.63) is 65.7 Å². The molecular formula is C15H14BFN4O. The molecule has 1 aromatic heterocycles. The Balaban J connectivity index is 1.95. The van der Waals surface area contributed by atoms with E-state index in [0.717, 1.165) is 0 Å². The Morgan fingerprint density at radius 2 is 2.00 bits per heavy atom. The molecule has 0 fully saturated rings. The molecule has 0 aliphatic rings. The van der Waals surface area contributed by atoms with Crippen molar-refractivity contribution in [2.24, 2.45) is 0 Å². The second-order valence-corrected chi connectivity index (χ2v) is 4.63. The van der Waals surface area contributed by atoms with Crippen LogP contribution in [-0.2, 0) is 0 Å². The minimum atomic E-state index is -0.370. The Morgan fingerprint density at radius 1 is 1.32 bits per heavy atom. The first kappa shape index (κ1) is 15.7. The molecule has 2 N–H and O–H groups in total. The summed E-state index contributed by atoms with van der Waals surface area (Å²) in [4.78, 5) is 12.0. The van der Waals surface area contributed by atoms with Gasteiger partial charge in [-0.15, -0.1) is 5.97 Å². The molecule has 0 aliphatic carbocycles. The highest BCUT2D eigenvalue weighted by atomic mass is 19.1. The van der Waals surface area contributed by atoms with Crippen LogP contribution in [0.15, 0.2) is 48.8 Å². The molecule has 1 amide bonds. The molecule has 1 aromatic carbocycles. The van der Waals surface area contributed by atoms with Crippen molar-refractivity contribution < 1.29 is 13.7 Å². The molecule has 5 nitrogen and oxygen atoms in total. The molecule has 1 unspecified atom stereocenters. The quantitative estimate of drug-likeness (QED) is 0.640. The molecule has 7 heteroatoms. The van der Waals surface area contributed by atoms with E-state index in [1.54, 1.807) is 49.6 Å². The lowest BCUT2D eigenvalue weighted by atomic mass is 9.98. The molecule has 2 rings (SSSR count). The second-order valence-electron chi connectivity index (χ2n) is 4.63. The third kappa shape index (κ3) is 3.90. The van der Waals surface area contributed by atoms with Gasteiger partial charge >= 0.3 is 0 Å². The third-order valence-corrected chi connectivity index (χ3v) is 3.10. The van der Waals surface area contributed by atoms with Crippen LogP contribution in [0.5, 0.6) is 0 Å². The molecule has 0 saturated heterocycles. The monoisotopic (exact) mass is 296 g/mol. The van der Waals surface area contributed by atoms with Crippen molar-refractivity contribution in [3.8, 4) is 5.97 Å². The molecular weight excluding hydrogens is 282 g/mol. The van der Waals surface area contributed by atoms with E-state index in [1.807, 2.05) is 5.97 Å². The summed E-state index contributed by atoms with van der Waals surface area (Å²) >= 11 is 0. The summed E-state index contributed by atoms with van der Waals surface area (Å²) in [7, 11) is 1.31. The van der Waals surface area contributed by atoms with Gasteiger partial charge in [-0.2, -0.15) is 0 Å². The molecule has 1 heterocycles. The van der Waals surface area contributed by atoms with Gasteiger partial charge in [0.15, 0.2) is 0 Å². The van der Waals surface area contributed by atoms with E-state index in [2.05, 4.69) is 10.9 Å². The highest BCUT2D eigenvalue weighted by molar-refractivity contribution is 6.35. The second kappa shape index (κ2) is 7.34. The van der Waals surface area contributed by atoms with E-state index < -0.39 is 0 Å². The normalized spacial score (nSPS) is 11.5. The zero-order valence-electron chi connectivity index (χ0n) is 12.0. The van der Waals surface area contributed by atoms with Crippen LogP contribution in [0, 0.1) is 17.0 Å². The predicted molar refractivity (Wildman–Crippen MR) is 78.8 cm³/mol. The van der Waals surface area contributed by atoms with Gasteiger partial charge in [0.2, 0.25) is 7.41 Å². The fourth-order valence-electron chi connectivity index (χ4n) is 1.89. The van der Waals surface area contributed by atoms with Crippen molar-refractivity contribution in [1.29, 1.82) is 5.26 Å². The number of rotatable bonds is 5. The summed E-state index contributed by atoms with van der Waals surface area (Å²) in [6.07, 6.45) is 3.19. The van der Waals surface area contributed by atoms with Gasteiger partial charge in [-0.05, 0) is 13.0 Å². The van der Waals surface area contributed by atoms with Crippen molar-refractivity contribution in [2.45, 2.75) is 13.0 Å². The molecule has 2 radical (unpaired) electrons. The lowest BCUT2D eigenvalue weighted by Gasteiger charge is -2.15. The summed E-state index contributed by atoms with van der Waals surface area (Å²) in [5.74, 6) is 1.22. The summed E-state index contributed by atoms with van der Waals surface area (Å²) in [5.41, 5.74) is 6.20. The fraction of sp³-hybridized carbons (Fsp3) is 0.133. The number of halogens is 1. The van der Waals surface area contributed by atoms with Gasteiger partial charge < -0.3 is 4.48 Å². The lowest BCUT2D eigenvalue weighted by molar-refractivity contribution is -0.527. The van der Waals surface area contributed by atoms with Gasteiger partial charge in [0.1, 0.15) is 18.2 Å². The Morgan fingerprint density at radius 3 is 2.64 bits per heavy atom. The number of nitriles is 1. The number of pyridine rings is 1. The number of carbonyl (C=O) groups is 1. The number of hydrogen-bond donors (Lipinski definition) is 2. The van der Waals surface area contributed by atoms with Crippen molar-refractivity contribution in [3.63, 3.8) is 0 Å². The van der Waals surface area contributed by atoms with Crippen LogP contribution in [0.3, 0.4) is 0 Å². The van der Waals surface area contributed by atoms with Crippen LogP contribution >= 0.6 is 0 Å².